The molecule has 0 radical (unpaired) electrons. The van der Waals surface area contributed by atoms with Gasteiger partial charge in [0.15, 0.2) is 0 Å². The lowest BCUT2D eigenvalue weighted by Crippen LogP contribution is -2.54. The molecule has 114 valence electrons. The van der Waals surface area contributed by atoms with Crippen molar-refractivity contribution in [3.05, 3.63) is 5.82 Å². The standard InChI is InChI=1S/C13H24N4O2S/c1-5-13(11(18)19,15-9(2)3)7-6-8-20-12-14-10(4)16-17-12/h9,15H,5-8H2,1-4H3,(H,18,19)(H,14,16,17). The van der Waals surface area contributed by atoms with Crippen molar-refractivity contribution in [1.82, 2.24) is 20.5 Å². The van der Waals surface area contributed by atoms with E-state index < -0.39 is 11.5 Å². The van der Waals surface area contributed by atoms with Crippen LogP contribution in [0.1, 0.15) is 45.9 Å². The molecular formula is C13H24N4O2S. The zero-order chi connectivity index (χ0) is 15.2. The molecule has 1 aromatic rings. The van der Waals surface area contributed by atoms with Gasteiger partial charge in [0.05, 0.1) is 0 Å². The fraction of sp³-hybridized carbons (Fsp3) is 0.769. The summed E-state index contributed by atoms with van der Waals surface area (Å²) < 4.78 is 0. The third-order valence-corrected chi connectivity index (χ3v) is 4.07. The molecule has 0 aliphatic heterocycles. The Morgan fingerprint density at radius 1 is 1.55 bits per heavy atom. The van der Waals surface area contributed by atoms with Gasteiger partial charge in [-0.3, -0.25) is 15.2 Å². The number of nitrogens with zero attached hydrogens (tertiary/aromatic N) is 2. The van der Waals surface area contributed by atoms with Gasteiger partial charge in [-0.25, -0.2) is 4.98 Å². The van der Waals surface area contributed by atoms with E-state index in [-0.39, 0.29) is 6.04 Å². The zero-order valence-corrected chi connectivity index (χ0v) is 13.4. The Hall–Kier alpha value is -1.08. The number of aryl methyl sites for hydroxylation is 1. The summed E-state index contributed by atoms with van der Waals surface area (Å²) in [5, 5.41) is 20.3. The van der Waals surface area contributed by atoms with E-state index in [1.165, 1.54) is 0 Å². The van der Waals surface area contributed by atoms with E-state index in [1.807, 2.05) is 27.7 Å². The molecule has 1 aromatic heterocycles. The third kappa shape index (κ3) is 4.79. The van der Waals surface area contributed by atoms with Gasteiger partial charge in [0.2, 0.25) is 5.16 Å². The van der Waals surface area contributed by atoms with Crippen molar-refractivity contribution in [2.45, 2.75) is 63.7 Å². The lowest BCUT2D eigenvalue weighted by Gasteiger charge is -2.31. The Labute approximate surface area is 124 Å². The maximum absolute atomic E-state index is 11.6. The molecule has 0 aliphatic carbocycles. The van der Waals surface area contributed by atoms with Crippen molar-refractivity contribution in [3.8, 4) is 0 Å². The van der Waals surface area contributed by atoms with Gasteiger partial charge in [0, 0.05) is 11.8 Å². The van der Waals surface area contributed by atoms with Crippen LogP contribution in [0.25, 0.3) is 0 Å². The first-order chi connectivity index (χ1) is 9.39. The lowest BCUT2D eigenvalue weighted by atomic mass is 9.90. The van der Waals surface area contributed by atoms with Crippen LogP contribution in [0.2, 0.25) is 0 Å². The second kappa shape index (κ2) is 7.64. The van der Waals surface area contributed by atoms with Crippen LogP contribution in [0.4, 0.5) is 0 Å². The Kier molecular flexibility index (Phi) is 6.48. The van der Waals surface area contributed by atoms with Crippen molar-refractivity contribution in [2.75, 3.05) is 5.75 Å². The van der Waals surface area contributed by atoms with Crippen LogP contribution < -0.4 is 5.32 Å². The van der Waals surface area contributed by atoms with Crippen LogP contribution in [-0.4, -0.2) is 43.6 Å². The summed E-state index contributed by atoms with van der Waals surface area (Å²) in [6, 6.07) is 0.148. The van der Waals surface area contributed by atoms with Gasteiger partial charge in [-0.2, -0.15) is 0 Å². The number of aromatic amines is 1. The number of carboxylic acids is 1. The first-order valence-corrected chi connectivity index (χ1v) is 7.91. The highest BCUT2D eigenvalue weighted by Gasteiger charge is 2.36. The summed E-state index contributed by atoms with van der Waals surface area (Å²) in [4.78, 5) is 15.8. The molecule has 1 heterocycles. The average Bonchev–Trinajstić information content (AvgIpc) is 2.78. The third-order valence-electron chi connectivity index (χ3n) is 3.13. The average molecular weight is 300 g/mol. The van der Waals surface area contributed by atoms with Crippen molar-refractivity contribution < 1.29 is 9.90 Å². The van der Waals surface area contributed by atoms with E-state index in [4.69, 9.17) is 0 Å². The summed E-state index contributed by atoms with van der Waals surface area (Å²) >= 11 is 1.55. The van der Waals surface area contributed by atoms with Crippen molar-refractivity contribution >= 4 is 17.7 Å². The minimum atomic E-state index is -0.830. The molecule has 1 atom stereocenters. The van der Waals surface area contributed by atoms with Gasteiger partial charge in [-0.1, -0.05) is 18.7 Å². The molecule has 0 aromatic carbocycles. The molecular weight excluding hydrogens is 276 g/mol. The van der Waals surface area contributed by atoms with E-state index in [1.54, 1.807) is 11.8 Å². The van der Waals surface area contributed by atoms with Gasteiger partial charge in [-0.05, 0) is 40.0 Å². The number of thioether (sulfide) groups is 1. The molecule has 0 fully saturated rings. The fourth-order valence-electron chi connectivity index (χ4n) is 2.15. The number of aromatic nitrogens is 3. The maximum atomic E-state index is 11.6. The van der Waals surface area contributed by atoms with Crippen molar-refractivity contribution in [3.63, 3.8) is 0 Å². The van der Waals surface area contributed by atoms with Gasteiger partial charge in [0.1, 0.15) is 11.4 Å². The molecule has 0 spiro atoms. The quantitative estimate of drug-likeness (QED) is 0.478. The fourth-order valence-corrected chi connectivity index (χ4v) is 2.93. The lowest BCUT2D eigenvalue weighted by molar-refractivity contribution is -0.145. The molecule has 0 amide bonds. The van der Waals surface area contributed by atoms with E-state index >= 15 is 0 Å². The SMILES string of the molecule is CCC(CCCSc1n[nH]c(C)n1)(NC(C)C)C(=O)O. The number of nitrogens with one attached hydrogen (secondary N) is 2. The van der Waals surface area contributed by atoms with Crippen LogP contribution >= 0.6 is 11.8 Å². The maximum Gasteiger partial charge on any atom is 0.323 e. The van der Waals surface area contributed by atoms with Crippen LogP contribution in [0, 0.1) is 6.92 Å². The van der Waals surface area contributed by atoms with E-state index in [9.17, 15) is 9.90 Å². The van der Waals surface area contributed by atoms with Gasteiger partial charge in [-0.15, -0.1) is 5.10 Å². The highest BCUT2D eigenvalue weighted by molar-refractivity contribution is 7.99. The molecule has 20 heavy (non-hydrogen) atoms. The number of H-pyrrole nitrogens is 1. The first-order valence-electron chi connectivity index (χ1n) is 6.92. The second-order valence-electron chi connectivity index (χ2n) is 5.20. The van der Waals surface area contributed by atoms with Gasteiger partial charge >= 0.3 is 5.97 Å². The summed E-state index contributed by atoms with van der Waals surface area (Å²) in [6.07, 6.45) is 1.98. The number of hydrogen-bond donors (Lipinski definition) is 3. The predicted octanol–water partition coefficient (Wildman–Crippen LogP) is 2.22. The second-order valence-corrected chi connectivity index (χ2v) is 6.26. The summed E-state index contributed by atoms with van der Waals surface area (Å²) in [7, 11) is 0. The molecule has 0 saturated carbocycles. The number of carboxylic acid groups (broad SMARTS) is 1. The van der Waals surface area contributed by atoms with Crippen LogP contribution in [0.3, 0.4) is 0 Å². The molecule has 7 heteroatoms. The smallest absolute Gasteiger partial charge is 0.323 e. The van der Waals surface area contributed by atoms with Crippen LogP contribution in [-0.2, 0) is 4.79 Å². The molecule has 0 saturated heterocycles. The minimum absolute atomic E-state index is 0.148. The predicted molar refractivity (Wildman–Crippen MR) is 80.0 cm³/mol. The molecule has 3 N–H and O–H groups in total. The first kappa shape index (κ1) is 17.0. The number of carbonyl (C=O) groups is 1. The highest BCUT2D eigenvalue weighted by Crippen LogP contribution is 2.22. The summed E-state index contributed by atoms with van der Waals surface area (Å²) in [5.74, 6) is 0.835. The number of rotatable bonds is 9. The Morgan fingerprint density at radius 3 is 2.70 bits per heavy atom. The van der Waals surface area contributed by atoms with E-state index in [0.717, 1.165) is 23.2 Å². The molecule has 6 nitrogen and oxygen atoms in total. The normalized spacial score (nSPS) is 14.4. The molecule has 0 bridgehead atoms. The summed E-state index contributed by atoms with van der Waals surface area (Å²) in [5.41, 5.74) is -0.830. The topological polar surface area (TPSA) is 90.9 Å². The van der Waals surface area contributed by atoms with E-state index in [0.29, 0.717) is 12.8 Å². The van der Waals surface area contributed by atoms with Crippen molar-refractivity contribution in [1.29, 1.82) is 0 Å². The van der Waals surface area contributed by atoms with Crippen LogP contribution in [0.15, 0.2) is 5.16 Å². The largest absolute Gasteiger partial charge is 0.480 e. The Bertz CT molecular complexity index is 436. The monoisotopic (exact) mass is 300 g/mol. The highest BCUT2D eigenvalue weighted by atomic mass is 32.2. The van der Waals surface area contributed by atoms with Gasteiger partial charge in [0.25, 0.3) is 0 Å². The Balaban J connectivity index is 2.48. The molecule has 1 rings (SSSR count). The summed E-state index contributed by atoms with van der Waals surface area (Å²) in [6.45, 7) is 7.71. The number of aliphatic carboxylic acids is 1. The zero-order valence-electron chi connectivity index (χ0n) is 12.6. The Morgan fingerprint density at radius 2 is 2.25 bits per heavy atom. The van der Waals surface area contributed by atoms with Gasteiger partial charge < -0.3 is 5.11 Å². The number of hydrogen-bond acceptors (Lipinski definition) is 5. The molecule has 0 aliphatic rings. The molecule has 1 unspecified atom stereocenters. The van der Waals surface area contributed by atoms with Crippen LogP contribution in [0.5, 0.6) is 0 Å². The van der Waals surface area contributed by atoms with E-state index in [2.05, 4.69) is 20.5 Å². The van der Waals surface area contributed by atoms with Crippen molar-refractivity contribution in [2.24, 2.45) is 0 Å². The minimum Gasteiger partial charge on any atom is -0.480 e.